The van der Waals surface area contributed by atoms with Crippen molar-refractivity contribution >= 4 is 21.8 Å². The van der Waals surface area contributed by atoms with Crippen LogP contribution in [0.3, 0.4) is 0 Å². The first kappa shape index (κ1) is 16.1. The summed E-state index contributed by atoms with van der Waals surface area (Å²) in [6, 6.07) is -0.286. The fourth-order valence-corrected chi connectivity index (χ4v) is 4.85. The van der Waals surface area contributed by atoms with Crippen LogP contribution < -0.4 is 10.6 Å². The molecule has 1 aliphatic carbocycles. The molecular weight excluding hydrogens is 296 g/mol. The number of nitrogens with one attached hydrogen (secondary N) is 2. The Hall–Kier alpha value is -1.31. The molecule has 0 aromatic carbocycles. The van der Waals surface area contributed by atoms with E-state index in [-0.39, 0.29) is 35.4 Å². The Kier molecular flexibility index (Phi) is 5.08. The van der Waals surface area contributed by atoms with E-state index in [0.717, 1.165) is 0 Å². The number of carboxylic acids is 1. The highest BCUT2D eigenvalue weighted by Gasteiger charge is 2.29. The van der Waals surface area contributed by atoms with Gasteiger partial charge in [-0.05, 0) is 38.0 Å². The summed E-state index contributed by atoms with van der Waals surface area (Å²) in [5, 5.41) is 14.4. The van der Waals surface area contributed by atoms with Crippen molar-refractivity contribution in [2.45, 2.75) is 38.1 Å². The summed E-state index contributed by atoms with van der Waals surface area (Å²) in [6.07, 6.45) is 3.11. The molecule has 1 unspecified atom stereocenters. The summed E-state index contributed by atoms with van der Waals surface area (Å²) < 4.78 is 22.6. The van der Waals surface area contributed by atoms with E-state index in [9.17, 15) is 18.0 Å². The molecule has 0 spiro atoms. The van der Waals surface area contributed by atoms with Crippen LogP contribution in [0.1, 0.15) is 32.1 Å². The number of carboxylic acid groups (broad SMARTS) is 1. The highest BCUT2D eigenvalue weighted by molar-refractivity contribution is 7.91. The molecule has 0 bridgehead atoms. The van der Waals surface area contributed by atoms with Gasteiger partial charge in [-0.25, -0.2) is 13.2 Å². The Balaban J connectivity index is 1.65. The third-order valence-corrected chi connectivity index (χ3v) is 6.13. The van der Waals surface area contributed by atoms with E-state index < -0.39 is 15.8 Å². The van der Waals surface area contributed by atoms with Crippen LogP contribution in [0.5, 0.6) is 0 Å². The smallest absolute Gasteiger partial charge is 0.315 e. The number of hydrogen-bond acceptors (Lipinski definition) is 4. The minimum Gasteiger partial charge on any atom is -0.481 e. The summed E-state index contributed by atoms with van der Waals surface area (Å²) in [5.41, 5.74) is 0. The fourth-order valence-electron chi connectivity index (χ4n) is 2.99. The zero-order valence-corrected chi connectivity index (χ0v) is 12.7. The van der Waals surface area contributed by atoms with Gasteiger partial charge in [0.1, 0.15) is 0 Å². The zero-order valence-electron chi connectivity index (χ0n) is 11.9. The number of sulfone groups is 1. The standard InChI is InChI=1S/C13H22N2O5S/c16-12(17)10-1-3-11(4-2-10)15-13(18)14-7-9-5-6-21(19,20)8-9/h9-11H,1-8H2,(H,16,17)(H2,14,15,18). The fraction of sp³-hybridized carbons (Fsp3) is 0.846. The average Bonchev–Trinajstić information content (AvgIpc) is 2.77. The van der Waals surface area contributed by atoms with Crippen LogP contribution in [0.4, 0.5) is 4.79 Å². The van der Waals surface area contributed by atoms with Gasteiger partial charge in [-0.15, -0.1) is 0 Å². The van der Waals surface area contributed by atoms with Crippen LogP contribution in [-0.2, 0) is 14.6 Å². The number of rotatable bonds is 4. The van der Waals surface area contributed by atoms with Crippen LogP contribution in [0.2, 0.25) is 0 Å². The molecule has 3 N–H and O–H groups in total. The summed E-state index contributed by atoms with van der Waals surface area (Å²) in [5.74, 6) is -0.699. The van der Waals surface area contributed by atoms with Gasteiger partial charge in [-0.2, -0.15) is 0 Å². The lowest BCUT2D eigenvalue weighted by Gasteiger charge is -2.27. The van der Waals surface area contributed by atoms with Gasteiger partial charge >= 0.3 is 12.0 Å². The molecule has 2 aliphatic rings. The van der Waals surface area contributed by atoms with Gasteiger partial charge in [0, 0.05) is 12.6 Å². The summed E-state index contributed by atoms with van der Waals surface area (Å²) in [6.45, 7) is 0.371. The van der Waals surface area contributed by atoms with Crippen LogP contribution in [0, 0.1) is 11.8 Å². The van der Waals surface area contributed by atoms with Crippen molar-refractivity contribution in [3.63, 3.8) is 0 Å². The first-order valence-electron chi connectivity index (χ1n) is 7.33. The van der Waals surface area contributed by atoms with E-state index in [1.54, 1.807) is 0 Å². The van der Waals surface area contributed by atoms with Crippen molar-refractivity contribution in [1.29, 1.82) is 0 Å². The maximum absolute atomic E-state index is 11.8. The molecule has 2 fully saturated rings. The van der Waals surface area contributed by atoms with Crippen molar-refractivity contribution in [2.24, 2.45) is 11.8 Å². The second-order valence-electron chi connectivity index (χ2n) is 6.01. The van der Waals surface area contributed by atoms with Crippen molar-refractivity contribution in [3.8, 4) is 0 Å². The maximum Gasteiger partial charge on any atom is 0.315 e. The predicted molar refractivity (Wildman–Crippen MR) is 76.7 cm³/mol. The molecule has 120 valence electrons. The molecule has 0 aromatic heterocycles. The molecule has 7 nitrogen and oxygen atoms in total. The van der Waals surface area contributed by atoms with Crippen LogP contribution in [0.15, 0.2) is 0 Å². The van der Waals surface area contributed by atoms with Gasteiger partial charge in [0.25, 0.3) is 0 Å². The Morgan fingerprint density at radius 3 is 2.29 bits per heavy atom. The van der Waals surface area contributed by atoms with Crippen molar-refractivity contribution in [1.82, 2.24) is 10.6 Å². The van der Waals surface area contributed by atoms with Crippen LogP contribution in [0.25, 0.3) is 0 Å². The molecule has 21 heavy (non-hydrogen) atoms. The van der Waals surface area contributed by atoms with Gasteiger partial charge in [-0.3, -0.25) is 4.79 Å². The van der Waals surface area contributed by atoms with E-state index in [1.165, 1.54) is 0 Å². The molecule has 1 saturated heterocycles. The van der Waals surface area contributed by atoms with Gasteiger partial charge in [0.2, 0.25) is 0 Å². The number of carbonyl (C=O) groups excluding carboxylic acids is 1. The van der Waals surface area contributed by atoms with Gasteiger partial charge in [0.05, 0.1) is 17.4 Å². The molecular formula is C13H22N2O5S. The predicted octanol–water partition coefficient (Wildman–Crippen LogP) is 0.364. The Bertz CT molecular complexity index is 497. The minimum absolute atomic E-state index is 0.00324. The summed E-state index contributed by atoms with van der Waals surface area (Å²) >= 11 is 0. The van der Waals surface area contributed by atoms with Crippen LogP contribution in [-0.4, -0.2) is 49.6 Å². The number of carbonyl (C=O) groups is 2. The highest BCUT2D eigenvalue weighted by Crippen LogP contribution is 2.24. The van der Waals surface area contributed by atoms with Crippen molar-refractivity contribution in [2.75, 3.05) is 18.1 Å². The van der Waals surface area contributed by atoms with Gasteiger partial charge in [0.15, 0.2) is 9.84 Å². The first-order valence-corrected chi connectivity index (χ1v) is 9.15. The third kappa shape index (κ3) is 4.87. The van der Waals surface area contributed by atoms with E-state index >= 15 is 0 Å². The van der Waals surface area contributed by atoms with Gasteiger partial charge in [-0.1, -0.05) is 0 Å². The SMILES string of the molecule is O=C(NCC1CCS(=O)(=O)C1)NC1CCC(C(=O)O)CC1. The lowest BCUT2D eigenvalue weighted by atomic mass is 9.86. The highest BCUT2D eigenvalue weighted by atomic mass is 32.2. The second-order valence-corrected chi connectivity index (χ2v) is 8.24. The lowest BCUT2D eigenvalue weighted by molar-refractivity contribution is -0.142. The Morgan fingerprint density at radius 2 is 1.76 bits per heavy atom. The Morgan fingerprint density at radius 1 is 1.10 bits per heavy atom. The Labute approximate surface area is 124 Å². The molecule has 8 heteroatoms. The number of hydrogen-bond donors (Lipinski definition) is 3. The van der Waals surface area contributed by atoms with E-state index in [0.29, 0.717) is 38.6 Å². The molecule has 1 atom stereocenters. The zero-order chi connectivity index (χ0) is 15.5. The molecule has 0 radical (unpaired) electrons. The number of urea groups is 1. The molecule has 1 aliphatic heterocycles. The second kappa shape index (κ2) is 6.64. The largest absolute Gasteiger partial charge is 0.481 e. The number of aliphatic carboxylic acids is 1. The molecule has 1 saturated carbocycles. The van der Waals surface area contributed by atoms with E-state index in [1.807, 2.05) is 0 Å². The monoisotopic (exact) mass is 318 g/mol. The molecule has 2 rings (SSSR count). The quantitative estimate of drug-likeness (QED) is 0.693. The molecule has 1 heterocycles. The minimum atomic E-state index is -2.91. The topological polar surface area (TPSA) is 113 Å². The lowest BCUT2D eigenvalue weighted by Crippen LogP contribution is -2.45. The first-order chi connectivity index (χ1) is 9.85. The van der Waals surface area contributed by atoms with Crippen molar-refractivity contribution < 1.29 is 23.1 Å². The third-order valence-electron chi connectivity index (χ3n) is 4.29. The van der Waals surface area contributed by atoms with E-state index in [4.69, 9.17) is 5.11 Å². The molecule has 2 amide bonds. The van der Waals surface area contributed by atoms with Gasteiger partial charge < -0.3 is 15.7 Å². The summed E-state index contributed by atoms with van der Waals surface area (Å²) in [7, 11) is -2.91. The molecule has 0 aromatic rings. The summed E-state index contributed by atoms with van der Waals surface area (Å²) in [4.78, 5) is 22.6. The maximum atomic E-state index is 11.8. The van der Waals surface area contributed by atoms with Crippen LogP contribution >= 0.6 is 0 Å². The van der Waals surface area contributed by atoms with E-state index in [2.05, 4.69) is 10.6 Å². The normalized spacial score (nSPS) is 31.5. The number of amides is 2. The van der Waals surface area contributed by atoms with Crippen molar-refractivity contribution in [3.05, 3.63) is 0 Å². The average molecular weight is 318 g/mol.